The Morgan fingerprint density at radius 3 is 2.79 bits per heavy atom. The van der Waals surface area contributed by atoms with Crippen molar-refractivity contribution in [2.75, 3.05) is 13.1 Å². The molecule has 1 aliphatic rings. The van der Waals surface area contributed by atoms with Gasteiger partial charge < -0.3 is 10.0 Å². The highest BCUT2D eigenvalue weighted by Crippen LogP contribution is 2.22. The zero-order valence-corrected chi connectivity index (χ0v) is 12.3. The van der Waals surface area contributed by atoms with Crippen LogP contribution in [0.15, 0.2) is 18.2 Å². The zero-order chi connectivity index (χ0) is 14.0. The topological polar surface area (TPSA) is 57.6 Å². The summed E-state index contributed by atoms with van der Waals surface area (Å²) < 4.78 is 14.3. The van der Waals surface area contributed by atoms with E-state index < -0.39 is 23.6 Å². The van der Waals surface area contributed by atoms with Gasteiger partial charge in [-0.15, -0.1) is 0 Å². The molecule has 1 heterocycles. The molecule has 6 heteroatoms. The Bertz CT molecular complexity index is 500. The molecule has 0 unspecified atom stereocenters. The van der Waals surface area contributed by atoms with E-state index in [0.717, 1.165) is 0 Å². The third-order valence-corrected chi connectivity index (χ3v) is 4.13. The van der Waals surface area contributed by atoms with Gasteiger partial charge in [0.15, 0.2) is 0 Å². The average Bonchev–Trinajstić information content (AvgIpc) is 2.38. The quantitative estimate of drug-likeness (QED) is 0.806. The summed E-state index contributed by atoms with van der Waals surface area (Å²) in [5, 5.41) is 9.00. The first kappa shape index (κ1) is 14.2. The first-order chi connectivity index (χ1) is 9.00. The smallest absolute Gasteiger partial charge is 0.308 e. The third kappa shape index (κ3) is 3.05. The van der Waals surface area contributed by atoms with Gasteiger partial charge in [0.2, 0.25) is 0 Å². The predicted molar refractivity (Wildman–Crippen MR) is 75.4 cm³/mol. The van der Waals surface area contributed by atoms with Crippen LogP contribution in [0, 0.1) is 15.3 Å². The highest BCUT2D eigenvalue weighted by Gasteiger charge is 2.30. The van der Waals surface area contributed by atoms with Gasteiger partial charge in [0.05, 0.1) is 11.5 Å². The van der Waals surface area contributed by atoms with Crippen LogP contribution < -0.4 is 0 Å². The summed E-state index contributed by atoms with van der Waals surface area (Å²) in [4.78, 5) is 24.7. The minimum absolute atomic E-state index is 0.0362. The number of hydrogen-bond acceptors (Lipinski definition) is 2. The fourth-order valence-electron chi connectivity index (χ4n) is 2.22. The van der Waals surface area contributed by atoms with E-state index in [2.05, 4.69) is 0 Å². The first-order valence-corrected chi connectivity index (χ1v) is 7.04. The van der Waals surface area contributed by atoms with E-state index in [-0.39, 0.29) is 12.1 Å². The molecule has 1 aromatic carbocycles. The molecule has 102 valence electrons. The fraction of sp³-hybridized carbons (Fsp3) is 0.385. The number of likely N-dealkylation sites (tertiary alicyclic amines) is 1. The molecule has 19 heavy (non-hydrogen) atoms. The molecule has 1 aliphatic heterocycles. The largest absolute Gasteiger partial charge is 0.481 e. The van der Waals surface area contributed by atoms with Crippen LogP contribution >= 0.6 is 22.6 Å². The van der Waals surface area contributed by atoms with Gasteiger partial charge in [-0.2, -0.15) is 0 Å². The van der Waals surface area contributed by atoms with E-state index >= 15 is 0 Å². The highest BCUT2D eigenvalue weighted by molar-refractivity contribution is 14.1. The van der Waals surface area contributed by atoms with E-state index in [0.29, 0.717) is 23.0 Å². The van der Waals surface area contributed by atoms with Crippen molar-refractivity contribution in [3.8, 4) is 0 Å². The normalized spacial score (nSPS) is 19.3. The molecular weight excluding hydrogens is 364 g/mol. The summed E-state index contributed by atoms with van der Waals surface area (Å²) >= 11 is 1.91. The number of rotatable bonds is 2. The van der Waals surface area contributed by atoms with E-state index in [1.54, 1.807) is 12.1 Å². The average molecular weight is 377 g/mol. The standard InChI is InChI=1S/C13H13FINO3/c14-9-4-1-5-10(15)11(9)12(17)16-6-2-3-8(7-16)13(18)19/h1,4-5,8H,2-3,6-7H2,(H,18,19)/t8-/m0/s1. The molecule has 0 radical (unpaired) electrons. The molecule has 1 N–H and O–H groups in total. The van der Waals surface area contributed by atoms with Gasteiger partial charge in [-0.25, -0.2) is 4.39 Å². The Balaban J connectivity index is 2.22. The van der Waals surface area contributed by atoms with Gasteiger partial charge >= 0.3 is 5.97 Å². The second-order valence-electron chi connectivity index (χ2n) is 4.53. The number of nitrogens with zero attached hydrogens (tertiary/aromatic N) is 1. The predicted octanol–water partition coefficient (Wildman–Crippen LogP) is 2.37. The lowest BCUT2D eigenvalue weighted by Gasteiger charge is -2.31. The lowest BCUT2D eigenvalue weighted by molar-refractivity contribution is -0.143. The van der Waals surface area contributed by atoms with Crippen molar-refractivity contribution >= 4 is 34.5 Å². The second-order valence-corrected chi connectivity index (χ2v) is 5.69. The van der Waals surface area contributed by atoms with Crippen LogP contribution in [0.5, 0.6) is 0 Å². The summed E-state index contributed by atoms with van der Waals surface area (Å²) in [6.45, 7) is 0.631. The summed E-state index contributed by atoms with van der Waals surface area (Å²) in [7, 11) is 0. The van der Waals surface area contributed by atoms with Crippen molar-refractivity contribution in [2.24, 2.45) is 5.92 Å². The molecular formula is C13H13FINO3. The number of carboxylic acid groups (broad SMARTS) is 1. The lowest BCUT2D eigenvalue weighted by Crippen LogP contribution is -2.42. The van der Waals surface area contributed by atoms with Gasteiger partial charge in [0.1, 0.15) is 5.82 Å². The Hall–Kier alpha value is -1.18. The number of aliphatic carboxylic acids is 1. The molecule has 1 aromatic rings. The number of amides is 1. The van der Waals surface area contributed by atoms with Gasteiger partial charge in [0, 0.05) is 16.7 Å². The lowest BCUT2D eigenvalue weighted by atomic mass is 9.97. The molecule has 4 nitrogen and oxygen atoms in total. The Labute approximate surface area is 123 Å². The van der Waals surface area contributed by atoms with Gasteiger partial charge in [-0.3, -0.25) is 9.59 Å². The number of halogens is 2. The number of carboxylic acids is 1. The number of piperidine rings is 1. The van der Waals surface area contributed by atoms with E-state index in [9.17, 15) is 14.0 Å². The zero-order valence-electron chi connectivity index (χ0n) is 10.1. The van der Waals surface area contributed by atoms with Crippen molar-refractivity contribution < 1.29 is 19.1 Å². The monoisotopic (exact) mass is 377 g/mol. The summed E-state index contributed by atoms with van der Waals surface area (Å²) in [6.07, 6.45) is 1.20. The minimum Gasteiger partial charge on any atom is -0.481 e. The van der Waals surface area contributed by atoms with Gasteiger partial charge in [0.25, 0.3) is 5.91 Å². The van der Waals surface area contributed by atoms with Crippen LogP contribution in [-0.2, 0) is 4.79 Å². The SMILES string of the molecule is O=C(O)[C@H]1CCCN(C(=O)c2c(F)cccc2I)C1. The molecule has 1 fully saturated rings. The first-order valence-electron chi connectivity index (χ1n) is 5.97. The molecule has 0 aliphatic carbocycles. The molecule has 2 rings (SSSR count). The fourth-order valence-corrected chi connectivity index (χ4v) is 2.92. The van der Waals surface area contributed by atoms with Crippen molar-refractivity contribution in [3.63, 3.8) is 0 Å². The van der Waals surface area contributed by atoms with Crippen molar-refractivity contribution in [1.29, 1.82) is 0 Å². The van der Waals surface area contributed by atoms with E-state index in [1.807, 2.05) is 22.6 Å². The molecule has 1 atom stereocenters. The molecule has 0 aromatic heterocycles. The van der Waals surface area contributed by atoms with Gasteiger partial charge in [-0.05, 0) is 47.6 Å². The molecule has 1 saturated heterocycles. The number of hydrogen-bond donors (Lipinski definition) is 1. The number of carbonyl (C=O) groups is 2. The minimum atomic E-state index is -0.902. The molecule has 0 saturated carbocycles. The maximum atomic E-state index is 13.7. The van der Waals surface area contributed by atoms with Crippen LogP contribution in [0.4, 0.5) is 4.39 Å². The Morgan fingerprint density at radius 1 is 1.42 bits per heavy atom. The van der Waals surface area contributed by atoms with Crippen LogP contribution in [0.2, 0.25) is 0 Å². The summed E-state index contributed by atoms with van der Waals surface area (Å²) in [6, 6.07) is 4.45. The van der Waals surface area contributed by atoms with E-state index in [4.69, 9.17) is 5.11 Å². The number of carbonyl (C=O) groups excluding carboxylic acids is 1. The highest BCUT2D eigenvalue weighted by atomic mass is 127. The second kappa shape index (κ2) is 5.85. The van der Waals surface area contributed by atoms with Crippen LogP contribution in [0.1, 0.15) is 23.2 Å². The number of benzene rings is 1. The van der Waals surface area contributed by atoms with Gasteiger partial charge in [-0.1, -0.05) is 6.07 Å². The van der Waals surface area contributed by atoms with Crippen LogP contribution in [0.25, 0.3) is 0 Å². The Morgan fingerprint density at radius 2 is 2.16 bits per heavy atom. The third-order valence-electron chi connectivity index (χ3n) is 3.23. The summed E-state index contributed by atoms with van der Waals surface area (Å²) in [5.74, 6) is -2.44. The van der Waals surface area contributed by atoms with Crippen molar-refractivity contribution in [1.82, 2.24) is 4.90 Å². The van der Waals surface area contributed by atoms with Crippen LogP contribution in [-0.4, -0.2) is 35.0 Å². The maximum absolute atomic E-state index is 13.7. The molecule has 0 bridgehead atoms. The van der Waals surface area contributed by atoms with Crippen molar-refractivity contribution in [3.05, 3.63) is 33.1 Å². The Kier molecular flexibility index (Phi) is 4.38. The summed E-state index contributed by atoms with van der Waals surface area (Å²) in [5.41, 5.74) is 0.0362. The maximum Gasteiger partial charge on any atom is 0.308 e. The van der Waals surface area contributed by atoms with Crippen LogP contribution in [0.3, 0.4) is 0 Å². The van der Waals surface area contributed by atoms with Crippen molar-refractivity contribution in [2.45, 2.75) is 12.8 Å². The van der Waals surface area contributed by atoms with E-state index in [1.165, 1.54) is 11.0 Å². The molecule has 0 spiro atoms. The molecule has 1 amide bonds.